The van der Waals surface area contributed by atoms with E-state index in [9.17, 15) is 66.1 Å². The van der Waals surface area contributed by atoms with Crippen LogP contribution in [0.5, 0.6) is 0 Å². The van der Waals surface area contributed by atoms with Gasteiger partial charge in [0, 0.05) is 0 Å². The van der Waals surface area contributed by atoms with Gasteiger partial charge in [0.25, 0.3) is 0 Å². The highest BCUT2D eigenvalue weighted by Crippen LogP contribution is 2.34. The van der Waals surface area contributed by atoms with Crippen LogP contribution in [0.2, 0.25) is 0 Å². The Labute approximate surface area is 242 Å². The molecule has 0 radical (unpaired) electrons. The van der Waals surface area contributed by atoms with Crippen molar-refractivity contribution in [3.8, 4) is 0 Å². The van der Waals surface area contributed by atoms with Crippen molar-refractivity contribution in [3.63, 3.8) is 0 Å². The Bertz CT molecular complexity index is 787. The SMILES string of the molecule is O=C(O)CNCC(O[C@@H]1O[C@H](CO)[C@H](O)[C@H](O)[C@H]1O)(O[C@@H]1O[C@H](CO)[C@H](O)[C@H](O)[C@H]1O)O[C@@H]1O[C@H](CO)[C@H](O)[C@H](O)[C@H]1O. The molecular formula is C22H39NO20. The van der Waals surface area contributed by atoms with Crippen LogP contribution in [-0.4, -0.2) is 203 Å². The summed E-state index contributed by atoms with van der Waals surface area (Å²) in [6.07, 6.45) is -29.2. The van der Waals surface area contributed by atoms with Crippen molar-refractivity contribution in [1.82, 2.24) is 5.32 Å². The van der Waals surface area contributed by atoms with Crippen LogP contribution in [0.1, 0.15) is 0 Å². The summed E-state index contributed by atoms with van der Waals surface area (Å²) in [6.45, 7) is -4.60. The minimum atomic E-state index is -3.02. The molecule has 21 heteroatoms. The highest BCUT2D eigenvalue weighted by atomic mass is 17.0. The average molecular weight is 638 g/mol. The average Bonchev–Trinajstić information content (AvgIpc) is 2.97. The normalized spacial score (nSPS) is 44.3. The van der Waals surface area contributed by atoms with Crippen molar-refractivity contribution in [2.45, 2.75) is 98.1 Å². The van der Waals surface area contributed by atoms with E-state index in [1.165, 1.54) is 0 Å². The number of ether oxygens (including phenoxy) is 6. The molecule has 3 aliphatic rings. The minimum Gasteiger partial charge on any atom is -0.480 e. The predicted molar refractivity (Wildman–Crippen MR) is 128 cm³/mol. The van der Waals surface area contributed by atoms with Gasteiger partial charge in [-0.1, -0.05) is 0 Å². The summed E-state index contributed by atoms with van der Waals surface area (Å²) in [5.41, 5.74) is 0. The predicted octanol–water partition coefficient (Wildman–Crippen LogP) is -9.24. The van der Waals surface area contributed by atoms with E-state index in [0.29, 0.717) is 0 Å². The number of hydrogen-bond acceptors (Lipinski definition) is 20. The first-order chi connectivity index (χ1) is 20.2. The number of carboxylic acids is 1. The summed E-state index contributed by atoms with van der Waals surface area (Å²) >= 11 is 0. The van der Waals surface area contributed by atoms with Crippen molar-refractivity contribution in [3.05, 3.63) is 0 Å². The van der Waals surface area contributed by atoms with Gasteiger partial charge in [0.05, 0.1) is 32.9 Å². The number of aliphatic hydroxyl groups is 12. The Morgan fingerprint density at radius 2 is 0.860 bits per heavy atom. The zero-order valence-corrected chi connectivity index (χ0v) is 22.4. The van der Waals surface area contributed by atoms with Crippen molar-refractivity contribution >= 4 is 5.97 Å². The molecule has 3 aliphatic heterocycles. The van der Waals surface area contributed by atoms with E-state index in [1.807, 2.05) is 0 Å². The molecule has 0 aromatic rings. The van der Waals surface area contributed by atoms with E-state index in [4.69, 9.17) is 33.5 Å². The molecule has 3 heterocycles. The topological polar surface area (TPSA) is 347 Å². The van der Waals surface area contributed by atoms with E-state index in [1.54, 1.807) is 0 Å². The second kappa shape index (κ2) is 15.3. The molecule has 14 N–H and O–H groups in total. The number of hydrogen-bond donors (Lipinski definition) is 14. The van der Waals surface area contributed by atoms with E-state index < -0.39 is 137 Å². The van der Waals surface area contributed by atoms with Crippen LogP contribution in [-0.2, 0) is 33.2 Å². The largest absolute Gasteiger partial charge is 0.480 e. The third kappa shape index (κ3) is 8.11. The number of aliphatic carboxylic acids is 1. The molecule has 0 spiro atoms. The Kier molecular flexibility index (Phi) is 12.9. The minimum absolute atomic E-state index is 0.851. The summed E-state index contributed by atoms with van der Waals surface area (Å²) in [5.74, 6) is -4.47. The second-order valence-corrected chi connectivity index (χ2v) is 10.1. The molecule has 0 aromatic heterocycles. The van der Waals surface area contributed by atoms with Gasteiger partial charge in [-0.2, -0.15) is 0 Å². The lowest BCUT2D eigenvalue weighted by Crippen LogP contribution is -2.67. The molecule has 252 valence electrons. The molecule has 21 nitrogen and oxygen atoms in total. The van der Waals surface area contributed by atoms with Crippen molar-refractivity contribution in [2.24, 2.45) is 0 Å². The Hall–Kier alpha value is -1.29. The molecular weight excluding hydrogens is 598 g/mol. The fourth-order valence-electron chi connectivity index (χ4n) is 4.56. The number of aliphatic hydroxyl groups excluding tert-OH is 12. The first kappa shape index (κ1) is 36.2. The lowest BCUT2D eigenvalue weighted by Gasteiger charge is -2.49. The fraction of sp³-hybridized carbons (Fsp3) is 0.955. The van der Waals surface area contributed by atoms with Gasteiger partial charge in [-0.25, -0.2) is 0 Å². The molecule has 0 aromatic carbocycles. The van der Waals surface area contributed by atoms with E-state index in [2.05, 4.69) is 5.32 Å². The summed E-state index contributed by atoms with van der Waals surface area (Å²) in [7, 11) is 0. The van der Waals surface area contributed by atoms with Crippen LogP contribution in [0.25, 0.3) is 0 Å². The second-order valence-electron chi connectivity index (χ2n) is 10.1. The summed E-state index contributed by atoms with van der Waals surface area (Å²) in [5, 5.41) is 133. The molecule has 0 aliphatic carbocycles. The van der Waals surface area contributed by atoms with Gasteiger partial charge in [-0.05, 0) is 0 Å². The standard InChI is InChI=1S/C22H39NO20/c24-2-6-10(29)13(32)16(35)19(38-6)41-22(5-23-1-9(27)28,42-20-17(36)14(33)11(30)7(3-25)39-20)43-21-18(37)15(34)12(31)8(4-26)40-21/h6-8,10-21,23-26,29-37H,1-5H2,(H,27,28)/t6-,7-,8-,10+,11+,12+,13+,14+,15+,16-,17-,18-,19+,20+,21+/m1/s1. The Balaban J connectivity index is 2.05. The molecule has 3 rings (SSSR count). The van der Waals surface area contributed by atoms with Crippen LogP contribution in [0.15, 0.2) is 0 Å². The third-order valence-corrected chi connectivity index (χ3v) is 7.05. The van der Waals surface area contributed by atoms with Crippen LogP contribution >= 0.6 is 0 Å². The van der Waals surface area contributed by atoms with Crippen LogP contribution in [0.3, 0.4) is 0 Å². The van der Waals surface area contributed by atoms with Crippen LogP contribution in [0.4, 0.5) is 0 Å². The van der Waals surface area contributed by atoms with Gasteiger partial charge >= 0.3 is 11.9 Å². The lowest BCUT2D eigenvalue weighted by molar-refractivity contribution is -0.506. The van der Waals surface area contributed by atoms with Gasteiger partial charge in [-0.3, -0.25) is 24.3 Å². The quantitative estimate of drug-likeness (QED) is 0.0833. The van der Waals surface area contributed by atoms with Crippen molar-refractivity contribution in [2.75, 3.05) is 32.9 Å². The highest BCUT2D eigenvalue weighted by Gasteiger charge is 2.55. The molecule has 3 fully saturated rings. The zero-order chi connectivity index (χ0) is 32.2. The number of carboxylic acid groups (broad SMARTS) is 1. The first-order valence-corrected chi connectivity index (χ1v) is 13.1. The van der Waals surface area contributed by atoms with E-state index in [0.717, 1.165) is 0 Å². The van der Waals surface area contributed by atoms with Gasteiger partial charge in [0.1, 0.15) is 73.2 Å². The van der Waals surface area contributed by atoms with Gasteiger partial charge < -0.3 is 80.6 Å². The maximum absolute atomic E-state index is 11.2. The van der Waals surface area contributed by atoms with Crippen molar-refractivity contribution < 1.29 is 99.6 Å². The molecule has 43 heavy (non-hydrogen) atoms. The molecule has 0 unspecified atom stereocenters. The monoisotopic (exact) mass is 637 g/mol. The molecule has 0 amide bonds. The van der Waals surface area contributed by atoms with Crippen LogP contribution in [0, 0.1) is 0 Å². The van der Waals surface area contributed by atoms with E-state index in [-0.39, 0.29) is 0 Å². The van der Waals surface area contributed by atoms with Gasteiger partial charge in [-0.15, -0.1) is 0 Å². The fourth-order valence-corrected chi connectivity index (χ4v) is 4.56. The van der Waals surface area contributed by atoms with Crippen molar-refractivity contribution in [1.29, 1.82) is 0 Å². The molecule has 0 saturated carbocycles. The lowest BCUT2D eigenvalue weighted by atomic mass is 9.99. The number of carbonyl (C=O) groups is 1. The summed E-state index contributed by atoms with van der Waals surface area (Å²) in [4.78, 5) is 11.2. The Morgan fingerprint density at radius 3 is 1.12 bits per heavy atom. The first-order valence-electron chi connectivity index (χ1n) is 13.1. The van der Waals surface area contributed by atoms with Gasteiger partial charge in [0.2, 0.25) is 0 Å². The smallest absolute Gasteiger partial charge is 0.317 e. The van der Waals surface area contributed by atoms with Crippen LogP contribution < -0.4 is 5.32 Å². The number of rotatable bonds is 13. The molecule has 15 atom stereocenters. The zero-order valence-electron chi connectivity index (χ0n) is 22.4. The summed E-state index contributed by atoms with van der Waals surface area (Å²) in [6, 6.07) is 0. The maximum Gasteiger partial charge on any atom is 0.317 e. The van der Waals surface area contributed by atoms with E-state index >= 15 is 0 Å². The molecule has 3 saturated heterocycles. The summed E-state index contributed by atoms with van der Waals surface area (Å²) < 4.78 is 32.8. The molecule has 0 bridgehead atoms. The third-order valence-electron chi connectivity index (χ3n) is 7.05. The van der Waals surface area contributed by atoms with Gasteiger partial charge in [0.15, 0.2) is 18.9 Å². The maximum atomic E-state index is 11.2. The number of nitrogens with one attached hydrogen (secondary N) is 1. The highest BCUT2D eigenvalue weighted by molar-refractivity contribution is 5.68. The Morgan fingerprint density at radius 1 is 0.558 bits per heavy atom.